The van der Waals surface area contributed by atoms with Gasteiger partial charge in [-0.05, 0) is 47.7 Å². The summed E-state index contributed by atoms with van der Waals surface area (Å²) in [6.07, 6.45) is 4.37. The fourth-order valence-corrected chi connectivity index (χ4v) is 3.06. The molecular formula is C17H19NOS. The molecule has 0 unspecified atom stereocenters. The molecule has 1 N–H and O–H groups in total. The van der Waals surface area contributed by atoms with Gasteiger partial charge in [-0.1, -0.05) is 24.3 Å². The van der Waals surface area contributed by atoms with E-state index in [9.17, 15) is 0 Å². The highest BCUT2D eigenvalue weighted by Crippen LogP contribution is 2.22. The van der Waals surface area contributed by atoms with Crippen molar-refractivity contribution in [2.75, 3.05) is 19.7 Å². The van der Waals surface area contributed by atoms with Crippen molar-refractivity contribution >= 4 is 16.9 Å². The molecule has 0 saturated carbocycles. The third kappa shape index (κ3) is 3.50. The molecule has 2 aromatic rings. The van der Waals surface area contributed by atoms with Gasteiger partial charge < -0.3 is 10.1 Å². The average molecular weight is 285 g/mol. The lowest BCUT2D eigenvalue weighted by molar-refractivity contribution is 0.323. The van der Waals surface area contributed by atoms with E-state index in [4.69, 9.17) is 4.74 Å². The molecule has 104 valence electrons. The summed E-state index contributed by atoms with van der Waals surface area (Å²) in [5.41, 5.74) is 2.76. The Morgan fingerprint density at radius 1 is 1.15 bits per heavy atom. The van der Waals surface area contributed by atoms with Crippen molar-refractivity contribution in [3.05, 3.63) is 58.3 Å². The third-order valence-electron chi connectivity index (χ3n) is 3.49. The minimum absolute atomic E-state index is 0.743. The van der Waals surface area contributed by atoms with Crippen molar-refractivity contribution in [3.63, 3.8) is 0 Å². The van der Waals surface area contributed by atoms with Gasteiger partial charge in [-0.25, -0.2) is 0 Å². The fourth-order valence-electron chi connectivity index (χ4n) is 2.37. The Morgan fingerprint density at radius 3 is 2.75 bits per heavy atom. The Labute approximate surface area is 124 Å². The Hall–Kier alpha value is -1.58. The maximum absolute atomic E-state index is 5.80. The molecule has 0 amide bonds. The Bertz CT molecular complexity index is 557. The number of benzene rings is 1. The molecule has 0 bridgehead atoms. The van der Waals surface area contributed by atoms with Gasteiger partial charge in [-0.3, -0.25) is 0 Å². The summed E-state index contributed by atoms with van der Waals surface area (Å²) in [5, 5.41) is 5.45. The van der Waals surface area contributed by atoms with Crippen LogP contribution in [0.3, 0.4) is 0 Å². The average Bonchev–Trinajstić information content (AvgIpc) is 3.02. The standard InChI is InChI=1S/C17H19NOS/c1-2-17(20-13-1)9-12-19-16-5-3-14(4-6-16)15-7-10-18-11-8-15/h1-7,13,18H,8-12H2. The van der Waals surface area contributed by atoms with Crippen LogP contribution in [0.4, 0.5) is 0 Å². The van der Waals surface area contributed by atoms with E-state index in [2.05, 4.69) is 53.2 Å². The number of hydrogen-bond donors (Lipinski definition) is 1. The first-order chi connectivity index (χ1) is 9.92. The summed E-state index contributed by atoms with van der Waals surface area (Å²) in [6, 6.07) is 12.7. The largest absolute Gasteiger partial charge is 0.493 e. The zero-order valence-corrected chi connectivity index (χ0v) is 12.3. The van der Waals surface area contributed by atoms with Crippen LogP contribution in [-0.4, -0.2) is 19.7 Å². The van der Waals surface area contributed by atoms with Crippen molar-refractivity contribution in [3.8, 4) is 5.75 Å². The predicted molar refractivity (Wildman–Crippen MR) is 85.4 cm³/mol. The van der Waals surface area contributed by atoms with E-state index < -0.39 is 0 Å². The molecule has 3 rings (SSSR count). The maximum Gasteiger partial charge on any atom is 0.119 e. The normalized spacial score (nSPS) is 14.9. The van der Waals surface area contributed by atoms with E-state index in [-0.39, 0.29) is 0 Å². The van der Waals surface area contributed by atoms with Gasteiger partial charge in [0.15, 0.2) is 0 Å². The van der Waals surface area contributed by atoms with Gasteiger partial charge in [0.05, 0.1) is 6.61 Å². The molecule has 3 heteroatoms. The zero-order chi connectivity index (χ0) is 13.6. The van der Waals surface area contributed by atoms with E-state index in [0.29, 0.717) is 0 Å². The van der Waals surface area contributed by atoms with Crippen LogP contribution in [0.2, 0.25) is 0 Å². The highest BCUT2D eigenvalue weighted by molar-refractivity contribution is 7.09. The van der Waals surface area contributed by atoms with Crippen LogP contribution < -0.4 is 10.1 Å². The molecule has 0 atom stereocenters. The van der Waals surface area contributed by atoms with Crippen molar-refractivity contribution in [1.82, 2.24) is 5.32 Å². The number of ether oxygens (including phenoxy) is 1. The molecule has 20 heavy (non-hydrogen) atoms. The molecule has 0 aliphatic carbocycles. The van der Waals surface area contributed by atoms with Crippen LogP contribution in [0, 0.1) is 0 Å². The number of nitrogens with one attached hydrogen (secondary N) is 1. The van der Waals surface area contributed by atoms with Gasteiger partial charge in [-0.15, -0.1) is 11.3 Å². The van der Waals surface area contributed by atoms with Crippen molar-refractivity contribution in [1.29, 1.82) is 0 Å². The molecule has 0 saturated heterocycles. The zero-order valence-electron chi connectivity index (χ0n) is 11.5. The molecule has 2 heterocycles. The lowest BCUT2D eigenvalue weighted by atomic mass is 10.0. The van der Waals surface area contributed by atoms with Crippen LogP contribution in [0.15, 0.2) is 47.9 Å². The lowest BCUT2D eigenvalue weighted by Gasteiger charge is -2.14. The summed E-state index contributed by atoms with van der Waals surface area (Å²) in [6.45, 7) is 2.80. The Kier molecular flexibility index (Phi) is 4.51. The molecule has 0 spiro atoms. The molecule has 0 radical (unpaired) electrons. The topological polar surface area (TPSA) is 21.3 Å². The van der Waals surface area contributed by atoms with Crippen LogP contribution >= 0.6 is 11.3 Å². The fraction of sp³-hybridized carbons (Fsp3) is 0.294. The van der Waals surface area contributed by atoms with Gasteiger partial charge in [0.1, 0.15) is 5.75 Å². The summed E-state index contributed by atoms with van der Waals surface area (Å²) in [4.78, 5) is 1.38. The lowest BCUT2D eigenvalue weighted by Crippen LogP contribution is -2.19. The highest BCUT2D eigenvalue weighted by Gasteiger charge is 2.05. The van der Waals surface area contributed by atoms with Crippen LogP contribution in [0.25, 0.3) is 5.57 Å². The monoisotopic (exact) mass is 285 g/mol. The summed E-state index contributed by atoms with van der Waals surface area (Å²) in [5.74, 6) is 0.958. The molecule has 1 aliphatic heterocycles. The SMILES string of the molecule is C1=C(c2ccc(OCCc3cccs3)cc2)CCNC1. The summed E-state index contributed by atoms with van der Waals surface area (Å²) >= 11 is 1.79. The van der Waals surface area contributed by atoms with Gasteiger partial charge in [0, 0.05) is 17.8 Å². The van der Waals surface area contributed by atoms with Crippen LogP contribution in [0.5, 0.6) is 5.75 Å². The van der Waals surface area contributed by atoms with Crippen molar-refractivity contribution in [2.45, 2.75) is 12.8 Å². The minimum atomic E-state index is 0.743. The van der Waals surface area contributed by atoms with Gasteiger partial charge in [0.2, 0.25) is 0 Å². The second kappa shape index (κ2) is 6.73. The highest BCUT2D eigenvalue weighted by atomic mass is 32.1. The molecule has 0 fully saturated rings. The minimum Gasteiger partial charge on any atom is -0.493 e. The van der Waals surface area contributed by atoms with Gasteiger partial charge >= 0.3 is 0 Å². The quantitative estimate of drug-likeness (QED) is 0.903. The van der Waals surface area contributed by atoms with Crippen molar-refractivity contribution < 1.29 is 4.74 Å². The smallest absolute Gasteiger partial charge is 0.119 e. The first kappa shape index (κ1) is 13.4. The maximum atomic E-state index is 5.80. The Balaban J connectivity index is 1.54. The summed E-state index contributed by atoms with van der Waals surface area (Å²) in [7, 11) is 0. The van der Waals surface area contributed by atoms with Crippen LogP contribution in [-0.2, 0) is 6.42 Å². The van der Waals surface area contributed by atoms with Gasteiger partial charge in [-0.2, -0.15) is 0 Å². The molecule has 1 aliphatic rings. The van der Waals surface area contributed by atoms with Gasteiger partial charge in [0.25, 0.3) is 0 Å². The van der Waals surface area contributed by atoms with E-state index >= 15 is 0 Å². The molecule has 1 aromatic carbocycles. The van der Waals surface area contributed by atoms with Crippen molar-refractivity contribution in [2.24, 2.45) is 0 Å². The molecular weight excluding hydrogens is 266 g/mol. The van der Waals surface area contributed by atoms with E-state index in [1.807, 2.05) is 0 Å². The first-order valence-electron chi connectivity index (χ1n) is 7.07. The van der Waals surface area contributed by atoms with E-state index in [1.165, 1.54) is 16.0 Å². The first-order valence-corrected chi connectivity index (χ1v) is 7.95. The number of rotatable bonds is 5. The van der Waals surface area contributed by atoms with Crippen LogP contribution in [0.1, 0.15) is 16.9 Å². The third-order valence-corrected chi connectivity index (χ3v) is 4.42. The number of hydrogen-bond acceptors (Lipinski definition) is 3. The Morgan fingerprint density at radius 2 is 2.05 bits per heavy atom. The number of thiophene rings is 1. The second-order valence-electron chi connectivity index (χ2n) is 4.89. The van der Waals surface area contributed by atoms with E-state index in [1.54, 1.807) is 11.3 Å². The second-order valence-corrected chi connectivity index (χ2v) is 5.92. The molecule has 2 nitrogen and oxygen atoms in total. The summed E-state index contributed by atoms with van der Waals surface area (Å²) < 4.78 is 5.80. The molecule has 1 aromatic heterocycles. The predicted octanol–water partition coefficient (Wildman–Crippen LogP) is 3.75. The van der Waals surface area contributed by atoms with E-state index in [0.717, 1.165) is 38.3 Å².